The molecular weight excluding hydrogens is 528 g/mol. The lowest BCUT2D eigenvalue weighted by atomic mass is 9.93. The summed E-state index contributed by atoms with van der Waals surface area (Å²) in [5, 5.41) is 42.3. The fraction of sp³-hybridized carbons (Fsp3) is 0. The second-order valence-electron chi connectivity index (χ2n) is 9.09. The molecule has 9 heteroatoms. The largest absolute Gasteiger partial charge is 0.508 e. The molecule has 0 unspecified atom stereocenters. The third-order valence-corrected chi connectivity index (χ3v) is 6.46. The van der Waals surface area contributed by atoms with E-state index in [2.05, 4.69) is 0 Å². The summed E-state index contributed by atoms with van der Waals surface area (Å²) in [5.41, 5.74) is 0.785. The van der Waals surface area contributed by atoms with Gasteiger partial charge in [-0.3, -0.25) is 0 Å². The Balaban J connectivity index is 1.63. The summed E-state index contributed by atoms with van der Waals surface area (Å²) in [6.45, 7) is 0. The molecule has 9 nitrogen and oxygen atoms in total. The van der Waals surface area contributed by atoms with Crippen LogP contribution in [0.3, 0.4) is 0 Å². The first-order valence-electron chi connectivity index (χ1n) is 12.3. The second-order valence-corrected chi connectivity index (χ2v) is 9.09. The van der Waals surface area contributed by atoms with Crippen LogP contribution < -0.4 is 14.2 Å². The summed E-state index contributed by atoms with van der Waals surface area (Å²) in [7, 11) is 0. The Kier molecular flexibility index (Phi) is 6.16. The number of hydrogen-bond donors (Lipinski definition) is 4. The third-order valence-electron chi connectivity index (χ3n) is 6.46. The van der Waals surface area contributed by atoms with E-state index in [-0.39, 0.29) is 62.1 Å². The number of esters is 2. The zero-order valence-electron chi connectivity index (χ0n) is 21.1. The molecule has 1 aliphatic rings. The predicted molar refractivity (Wildman–Crippen MR) is 147 cm³/mol. The average Bonchev–Trinajstić information content (AvgIpc) is 2.99. The van der Waals surface area contributed by atoms with Gasteiger partial charge in [0.15, 0.2) is 34.5 Å². The van der Waals surface area contributed by atoms with Crippen molar-refractivity contribution in [3.8, 4) is 68.2 Å². The average molecular weight is 549 g/mol. The quantitative estimate of drug-likeness (QED) is 0.109. The molecule has 0 saturated heterocycles. The predicted octanol–water partition coefficient (Wildman–Crippen LogP) is 6.39. The van der Waals surface area contributed by atoms with E-state index in [1.807, 2.05) is 0 Å². The molecular formula is C32H20O9. The fourth-order valence-electron chi connectivity index (χ4n) is 4.50. The SMILES string of the molecule is O=C(Oc1c2c(c(OC(=O)c3ccccc3)c(O)c1-c1ccc(O)cc1)-c1cc(O)c(O)c(c1)O2)c1ccccc1. The zero-order valence-corrected chi connectivity index (χ0v) is 21.1. The molecule has 1 heterocycles. The van der Waals surface area contributed by atoms with Gasteiger partial charge in [-0.15, -0.1) is 0 Å². The first-order chi connectivity index (χ1) is 19.8. The molecule has 4 N–H and O–H groups in total. The van der Waals surface area contributed by atoms with Crippen LogP contribution in [0.1, 0.15) is 20.7 Å². The van der Waals surface area contributed by atoms with Crippen LogP contribution in [-0.2, 0) is 0 Å². The van der Waals surface area contributed by atoms with Crippen molar-refractivity contribution in [2.24, 2.45) is 0 Å². The smallest absolute Gasteiger partial charge is 0.343 e. The number of carbonyl (C=O) groups excluding carboxylic acids is 2. The van der Waals surface area contributed by atoms with Crippen LogP contribution in [0.2, 0.25) is 0 Å². The van der Waals surface area contributed by atoms with E-state index in [4.69, 9.17) is 14.2 Å². The summed E-state index contributed by atoms with van der Waals surface area (Å²) in [6, 6.07) is 24.4. The highest BCUT2D eigenvalue weighted by atomic mass is 16.6. The molecule has 6 rings (SSSR count). The van der Waals surface area contributed by atoms with Crippen molar-refractivity contribution in [3.05, 3.63) is 108 Å². The zero-order chi connectivity index (χ0) is 28.7. The summed E-state index contributed by atoms with van der Waals surface area (Å²) in [5.74, 6) is -4.22. The summed E-state index contributed by atoms with van der Waals surface area (Å²) >= 11 is 0. The van der Waals surface area contributed by atoms with Gasteiger partial charge in [-0.25, -0.2) is 9.59 Å². The molecule has 5 aromatic carbocycles. The van der Waals surface area contributed by atoms with E-state index >= 15 is 0 Å². The lowest BCUT2D eigenvalue weighted by molar-refractivity contribution is 0.0714. The first kappa shape index (κ1) is 25.3. The Labute approximate surface area is 232 Å². The first-order valence-corrected chi connectivity index (χ1v) is 12.3. The van der Waals surface area contributed by atoms with Crippen molar-refractivity contribution < 1.29 is 44.2 Å². The topological polar surface area (TPSA) is 143 Å². The minimum absolute atomic E-state index is 0.00651. The van der Waals surface area contributed by atoms with Gasteiger partial charge in [-0.05, 0) is 59.7 Å². The second kappa shape index (κ2) is 9.97. The van der Waals surface area contributed by atoms with Gasteiger partial charge in [-0.1, -0.05) is 48.5 Å². The standard InChI is InChI=1S/C32H20O9/c33-21-13-11-17(12-14-21)24-27(36)28(40-31(37)18-7-3-1-4-8-18)25-20-15-22(34)26(35)23(16-20)39-30(25)29(24)41-32(38)19-9-5-2-6-10-19/h1-16,33-36H. The highest BCUT2D eigenvalue weighted by Gasteiger charge is 2.36. The summed E-state index contributed by atoms with van der Waals surface area (Å²) in [6.07, 6.45) is 0. The van der Waals surface area contributed by atoms with Crippen LogP contribution in [-0.4, -0.2) is 32.4 Å². The maximum absolute atomic E-state index is 13.2. The van der Waals surface area contributed by atoms with Gasteiger partial charge < -0.3 is 34.6 Å². The summed E-state index contributed by atoms with van der Waals surface area (Å²) < 4.78 is 17.5. The van der Waals surface area contributed by atoms with E-state index in [0.717, 1.165) is 0 Å². The van der Waals surface area contributed by atoms with Gasteiger partial charge in [0.2, 0.25) is 5.75 Å². The van der Waals surface area contributed by atoms with Gasteiger partial charge in [0.1, 0.15) is 5.75 Å². The molecule has 0 spiro atoms. The summed E-state index contributed by atoms with van der Waals surface area (Å²) in [4.78, 5) is 26.4. The van der Waals surface area contributed by atoms with Gasteiger partial charge >= 0.3 is 11.9 Å². The molecule has 0 aliphatic carbocycles. The van der Waals surface area contributed by atoms with Crippen molar-refractivity contribution in [3.63, 3.8) is 0 Å². The lowest BCUT2D eigenvalue weighted by Gasteiger charge is -2.26. The minimum atomic E-state index is -0.803. The monoisotopic (exact) mass is 548 g/mol. The van der Waals surface area contributed by atoms with Crippen molar-refractivity contribution in [1.82, 2.24) is 0 Å². The highest BCUT2D eigenvalue weighted by molar-refractivity contribution is 6.01. The van der Waals surface area contributed by atoms with Gasteiger partial charge in [0.05, 0.1) is 22.3 Å². The van der Waals surface area contributed by atoms with Crippen LogP contribution >= 0.6 is 0 Å². The number of phenolic OH excluding ortho intramolecular Hbond substituents is 4. The molecule has 1 aliphatic heterocycles. The maximum atomic E-state index is 13.2. The van der Waals surface area contributed by atoms with Gasteiger partial charge in [0.25, 0.3) is 0 Å². The number of fused-ring (bicyclic) bond motifs is 4. The molecule has 2 bridgehead atoms. The highest BCUT2D eigenvalue weighted by Crippen LogP contribution is 2.61. The van der Waals surface area contributed by atoms with Crippen molar-refractivity contribution >= 4 is 11.9 Å². The number of aromatic hydroxyl groups is 4. The van der Waals surface area contributed by atoms with E-state index in [1.54, 1.807) is 36.4 Å². The van der Waals surface area contributed by atoms with Crippen LogP contribution in [0, 0.1) is 0 Å². The molecule has 0 amide bonds. The molecule has 5 aromatic rings. The number of ether oxygens (including phenoxy) is 3. The number of carbonyl (C=O) groups is 2. The number of phenols is 4. The van der Waals surface area contributed by atoms with Crippen molar-refractivity contribution in [2.45, 2.75) is 0 Å². The third kappa shape index (κ3) is 4.51. The normalized spacial score (nSPS) is 11.2. The van der Waals surface area contributed by atoms with Crippen LogP contribution in [0.5, 0.6) is 46.0 Å². The number of hydrogen-bond acceptors (Lipinski definition) is 9. The minimum Gasteiger partial charge on any atom is -0.508 e. The van der Waals surface area contributed by atoms with Crippen molar-refractivity contribution in [1.29, 1.82) is 0 Å². The Bertz CT molecular complexity index is 1810. The molecule has 41 heavy (non-hydrogen) atoms. The number of rotatable bonds is 5. The maximum Gasteiger partial charge on any atom is 0.343 e. The number of benzene rings is 5. The van der Waals surface area contributed by atoms with Crippen LogP contribution in [0.15, 0.2) is 97.1 Å². The molecule has 0 saturated carbocycles. The fourth-order valence-corrected chi connectivity index (χ4v) is 4.50. The van der Waals surface area contributed by atoms with Crippen LogP contribution in [0.4, 0.5) is 0 Å². The van der Waals surface area contributed by atoms with E-state index < -0.39 is 29.2 Å². The Morgan fingerprint density at radius 3 is 1.73 bits per heavy atom. The Morgan fingerprint density at radius 2 is 1.15 bits per heavy atom. The van der Waals surface area contributed by atoms with E-state index in [9.17, 15) is 30.0 Å². The van der Waals surface area contributed by atoms with Crippen LogP contribution in [0.25, 0.3) is 22.3 Å². The molecule has 0 radical (unpaired) electrons. The van der Waals surface area contributed by atoms with E-state index in [0.29, 0.717) is 0 Å². The van der Waals surface area contributed by atoms with Gasteiger partial charge in [-0.2, -0.15) is 0 Å². The Morgan fingerprint density at radius 1 is 0.585 bits per heavy atom. The molecule has 0 fully saturated rings. The van der Waals surface area contributed by atoms with E-state index in [1.165, 1.54) is 60.7 Å². The molecule has 0 aromatic heterocycles. The lowest BCUT2D eigenvalue weighted by Crippen LogP contribution is -2.14. The molecule has 202 valence electrons. The van der Waals surface area contributed by atoms with Crippen molar-refractivity contribution in [2.75, 3.05) is 0 Å². The van der Waals surface area contributed by atoms with Gasteiger partial charge in [0, 0.05) is 0 Å². The molecule has 0 atom stereocenters. The Hall–Kier alpha value is -5.96.